The summed E-state index contributed by atoms with van der Waals surface area (Å²) in [4.78, 5) is 0. The van der Waals surface area contributed by atoms with Crippen LogP contribution in [-0.4, -0.2) is 5.16 Å². The molecule has 0 fully saturated rings. The van der Waals surface area contributed by atoms with Gasteiger partial charge in [0.15, 0.2) is 0 Å². The van der Waals surface area contributed by atoms with Gasteiger partial charge in [-0.1, -0.05) is 16.8 Å². The monoisotopic (exact) mass is 254 g/mol. The van der Waals surface area contributed by atoms with E-state index in [2.05, 4.69) is 10.5 Å². The Balaban J connectivity index is 2.13. The molecule has 1 heterocycles. The number of halogens is 2. The van der Waals surface area contributed by atoms with Gasteiger partial charge in [0.05, 0.1) is 16.4 Å². The average Bonchev–Trinajstić information content (AvgIpc) is 2.58. The Hall–Kier alpha value is -1.55. The fourth-order valence-electron chi connectivity index (χ4n) is 1.57. The Morgan fingerprint density at radius 2 is 2.18 bits per heavy atom. The Kier molecular flexibility index (Phi) is 3.33. The van der Waals surface area contributed by atoms with Crippen molar-refractivity contribution in [1.82, 2.24) is 5.16 Å². The zero-order chi connectivity index (χ0) is 12.4. The number of rotatable bonds is 3. The summed E-state index contributed by atoms with van der Waals surface area (Å²) < 4.78 is 17.9. The molecule has 2 rings (SSSR count). The lowest BCUT2D eigenvalue weighted by atomic mass is 10.2. The van der Waals surface area contributed by atoms with E-state index in [4.69, 9.17) is 16.1 Å². The Morgan fingerprint density at radius 3 is 2.76 bits per heavy atom. The molecule has 0 saturated carbocycles. The molecule has 0 unspecified atom stereocenters. The van der Waals surface area contributed by atoms with Crippen LogP contribution >= 0.6 is 11.6 Å². The normalized spacial score (nSPS) is 10.6. The van der Waals surface area contributed by atoms with Gasteiger partial charge < -0.3 is 9.84 Å². The number of anilines is 1. The van der Waals surface area contributed by atoms with Gasteiger partial charge in [0, 0.05) is 12.1 Å². The Labute approximate surface area is 104 Å². The van der Waals surface area contributed by atoms with Gasteiger partial charge in [0.1, 0.15) is 11.6 Å². The summed E-state index contributed by atoms with van der Waals surface area (Å²) in [6, 6.07) is 4.24. The number of benzene rings is 1. The van der Waals surface area contributed by atoms with Crippen LogP contribution in [0.4, 0.5) is 10.1 Å². The molecule has 0 radical (unpaired) electrons. The molecule has 0 aliphatic heterocycles. The molecule has 0 bridgehead atoms. The van der Waals surface area contributed by atoms with Gasteiger partial charge >= 0.3 is 0 Å². The van der Waals surface area contributed by atoms with E-state index in [0.29, 0.717) is 17.3 Å². The van der Waals surface area contributed by atoms with E-state index in [0.717, 1.165) is 17.0 Å². The standard InChI is InChI=1S/C12H12ClFN2O/c1-7-10(8(2)17-16-7)6-15-12-4-3-9(14)5-11(12)13/h3-5,15H,6H2,1-2H3. The zero-order valence-electron chi connectivity index (χ0n) is 9.55. The summed E-state index contributed by atoms with van der Waals surface area (Å²) in [5.74, 6) is 0.422. The summed E-state index contributed by atoms with van der Waals surface area (Å²) in [5, 5.41) is 7.34. The molecule has 0 aliphatic carbocycles. The van der Waals surface area contributed by atoms with Crippen LogP contribution in [0.5, 0.6) is 0 Å². The molecular weight excluding hydrogens is 243 g/mol. The predicted molar refractivity (Wildman–Crippen MR) is 64.7 cm³/mol. The second-order valence-electron chi connectivity index (χ2n) is 3.78. The van der Waals surface area contributed by atoms with E-state index in [-0.39, 0.29) is 5.82 Å². The molecule has 0 amide bonds. The summed E-state index contributed by atoms with van der Waals surface area (Å²) in [6.45, 7) is 4.27. The van der Waals surface area contributed by atoms with Crippen LogP contribution in [0.1, 0.15) is 17.0 Å². The second-order valence-corrected chi connectivity index (χ2v) is 4.19. The highest BCUT2D eigenvalue weighted by atomic mass is 35.5. The maximum atomic E-state index is 12.9. The molecule has 0 saturated heterocycles. The molecule has 0 atom stereocenters. The van der Waals surface area contributed by atoms with Crippen molar-refractivity contribution in [3.05, 3.63) is 46.1 Å². The van der Waals surface area contributed by atoms with Crippen LogP contribution in [0.2, 0.25) is 5.02 Å². The lowest BCUT2D eigenvalue weighted by Crippen LogP contribution is -2.02. The van der Waals surface area contributed by atoms with Crippen molar-refractivity contribution in [2.75, 3.05) is 5.32 Å². The fourth-order valence-corrected chi connectivity index (χ4v) is 1.80. The molecule has 0 aliphatic rings. The molecule has 17 heavy (non-hydrogen) atoms. The van der Waals surface area contributed by atoms with Crippen LogP contribution < -0.4 is 5.32 Å². The van der Waals surface area contributed by atoms with Crippen LogP contribution in [0.15, 0.2) is 22.7 Å². The maximum Gasteiger partial charge on any atom is 0.138 e. The number of aromatic nitrogens is 1. The summed E-state index contributed by atoms with van der Waals surface area (Å²) in [6.07, 6.45) is 0. The molecule has 1 aromatic heterocycles. The minimum absolute atomic E-state index is 0.349. The van der Waals surface area contributed by atoms with E-state index in [9.17, 15) is 4.39 Å². The summed E-state index contributed by atoms with van der Waals surface area (Å²) in [7, 11) is 0. The molecule has 3 nitrogen and oxygen atoms in total. The number of hydrogen-bond donors (Lipinski definition) is 1. The summed E-state index contributed by atoms with van der Waals surface area (Å²) >= 11 is 5.91. The molecule has 1 aromatic carbocycles. The number of nitrogens with one attached hydrogen (secondary N) is 1. The minimum Gasteiger partial charge on any atom is -0.380 e. The Bertz CT molecular complexity index is 520. The van der Waals surface area contributed by atoms with Crippen molar-refractivity contribution >= 4 is 17.3 Å². The largest absolute Gasteiger partial charge is 0.380 e. The van der Waals surface area contributed by atoms with Gasteiger partial charge in [-0.15, -0.1) is 0 Å². The van der Waals surface area contributed by atoms with E-state index < -0.39 is 0 Å². The third-order valence-electron chi connectivity index (χ3n) is 2.57. The average molecular weight is 255 g/mol. The smallest absolute Gasteiger partial charge is 0.138 e. The topological polar surface area (TPSA) is 38.1 Å². The van der Waals surface area contributed by atoms with Gasteiger partial charge in [-0.3, -0.25) is 0 Å². The molecule has 5 heteroatoms. The predicted octanol–water partition coefficient (Wildman–Crippen LogP) is 3.70. The third kappa shape index (κ3) is 2.58. The van der Waals surface area contributed by atoms with Crippen LogP contribution in [-0.2, 0) is 6.54 Å². The number of nitrogens with zero attached hydrogens (tertiary/aromatic N) is 1. The summed E-state index contributed by atoms with van der Waals surface area (Å²) in [5.41, 5.74) is 2.52. The van der Waals surface area contributed by atoms with Crippen molar-refractivity contribution in [3.63, 3.8) is 0 Å². The first-order valence-corrected chi connectivity index (χ1v) is 5.56. The zero-order valence-corrected chi connectivity index (χ0v) is 10.3. The highest BCUT2D eigenvalue weighted by Crippen LogP contribution is 2.23. The first-order chi connectivity index (χ1) is 8.08. The Morgan fingerprint density at radius 1 is 1.41 bits per heavy atom. The van der Waals surface area contributed by atoms with Crippen molar-refractivity contribution in [3.8, 4) is 0 Å². The minimum atomic E-state index is -0.349. The van der Waals surface area contributed by atoms with E-state index in [1.807, 2.05) is 13.8 Å². The first kappa shape index (κ1) is 11.9. The van der Waals surface area contributed by atoms with Crippen LogP contribution in [0.25, 0.3) is 0 Å². The highest BCUT2D eigenvalue weighted by molar-refractivity contribution is 6.33. The first-order valence-electron chi connectivity index (χ1n) is 5.18. The van der Waals surface area contributed by atoms with Crippen molar-refractivity contribution in [2.45, 2.75) is 20.4 Å². The van der Waals surface area contributed by atoms with Gasteiger partial charge in [-0.25, -0.2) is 4.39 Å². The number of hydrogen-bond acceptors (Lipinski definition) is 3. The van der Waals surface area contributed by atoms with E-state index >= 15 is 0 Å². The van der Waals surface area contributed by atoms with Crippen molar-refractivity contribution < 1.29 is 8.91 Å². The molecule has 1 N–H and O–H groups in total. The number of aryl methyl sites for hydroxylation is 2. The van der Waals surface area contributed by atoms with Gasteiger partial charge in [-0.05, 0) is 32.0 Å². The molecular formula is C12H12ClFN2O. The molecule has 0 spiro atoms. The van der Waals surface area contributed by atoms with Crippen LogP contribution in [0, 0.1) is 19.7 Å². The van der Waals surface area contributed by atoms with Crippen molar-refractivity contribution in [1.29, 1.82) is 0 Å². The fraction of sp³-hybridized carbons (Fsp3) is 0.250. The molecule has 90 valence electrons. The lowest BCUT2D eigenvalue weighted by Gasteiger charge is -2.07. The lowest BCUT2D eigenvalue weighted by molar-refractivity contribution is 0.392. The van der Waals surface area contributed by atoms with Gasteiger partial charge in [-0.2, -0.15) is 0 Å². The highest BCUT2D eigenvalue weighted by Gasteiger charge is 2.09. The SMILES string of the molecule is Cc1noc(C)c1CNc1ccc(F)cc1Cl. The second kappa shape index (κ2) is 4.75. The van der Waals surface area contributed by atoms with E-state index in [1.54, 1.807) is 6.07 Å². The van der Waals surface area contributed by atoms with Gasteiger partial charge in [0.2, 0.25) is 0 Å². The maximum absolute atomic E-state index is 12.9. The van der Waals surface area contributed by atoms with Crippen LogP contribution in [0.3, 0.4) is 0 Å². The third-order valence-corrected chi connectivity index (χ3v) is 2.88. The van der Waals surface area contributed by atoms with E-state index in [1.165, 1.54) is 12.1 Å². The van der Waals surface area contributed by atoms with Gasteiger partial charge in [0.25, 0.3) is 0 Å². The molecule has 2 aromatic rings. The quantitative estimate of drug-likeness (QED) is 0.908. The van der Waals surface area contributed by atoms with Crippen molar-refractivity contribution in [2.24, 2.45) is 0 Å².